The lowest BCUT2D eigenvalue weighted by Gasteiger charge is -2.49. The Kier molecular flexibility index (Phi) is 13.5. The highest BCUT2D eigenvalue weighted by molar-refractivity contribution is 5.66. The molecule has 0 bridgehead atoms. The van der Waals surface area contributed by atoms with Gasteiger partial charge in [-0.3, -0.25) is 4.79 Å². The average molecular weight is 729 g/mol. The molecule has 7 nitrogen and oxygen atoms in total. The van der Waals surface area contributed by atoms with Gasteiger partial charge in [0.1, 0.15) is 30.5 Å². The first kappa shape index (κ1) is 39.1. The molecule has 0 amide bonds. The van der Waals surface area contributed by atoms with Crippen molar-refractivity contribution in [2.45, 2.75) is 102 Å². The third kappa shape index (κ3) is 10.7. The van der Waals surface area contributed by atoms with Crippen molar-refractivity contribution < 1.29 is 34.0 Å². The summed E-state index contributed by atoms with van der Waals surface area (Å²) in [7, 11) is 0. The summed E-state index contributed by atoms with van der Waals surface area (Å²) in [4.78, 5) is 11.0. The van der Waals surface area contributed by atoms with E-state index in [1.807, 2.05) is 91.0 Å². The van der Waals surface area contributed by atoms with E-state index < -0.39 is 42.1 Å². The van der Waals surface area contributed by atoms with Crippen molar-refractivity contribution in [3.63, 3.8) is 0 Å². The minimum Gasteiger partial charge on any atom is -0.481 e. The Balaban J connectivity index is 1.35. The molecule has 282 valence electrons. The van der Waals surface area contributed by atoms with Gasteiger partial charge in [0.05, 0.1) is 25.4 Å². The van der Waals surface area contributed by atoms with Crippen LogP contribution in [0.3, 0.4) is 0 Å². The van der Waals surface area contributed by atoms with Crippen LogP contribution in [0.25, 0.3) is 0 Å². The molecule has 5 aromatic carbocycles. The maximum atomic E-state index is 11.7. The van der Waals surface area contributed by atoms with E-state index in [0.717, 1.165) is 50.9 Å². The molecule has 0 spiro atoms. The molecule has 5 aromatic rings. The fourth-order valence-electron chi connectivity index (χ4n) is 7.08. The van der Waals surface area contributed by atoms with Gasteiger partial charge in [-0.15, -0.1) is 0 Å². The number of aryl methyl sites for hydroxylation is 2. The Morgan fingerprint density at radius 1 is 0.648 bits per heavy atom. The number of rotatable bonds is 17. The molecular formula is C47H52O7. The van der Waals surface area contributed by atoms with Crippen molar-refractivity contribution in [3.8, 4) is 0 Å². The Morgan fingerprint density at radius 3 is 1.67 bits per heavy atom. The molecule has 7 heteroatoms. The molecule has 0 radical (unpaired) electrons. The van der Waals surface area contributed by atoms with E-state index in [1.165, 1.54) is 0 Å². The monoisotopic (exact) mass is 728 g/mol. The van der Waals surface area contributed by atoms with E-state index in [0.29, 0.717) is 32.7 Å². The molecule has 0 saturated carbocycles. The van der Waals surface area contributed by atoms with Gasteiger partial charge in [-0.1, -0.05) is 133 Å². The maximum Gasteiger partial charge on any atom is 0.303 e. The van der Waals surface area contributed by atoms with Crippen LogP contribution in [0.1, 0.15) is 77.3 Å². The average Bonchev–Trinajstić information content (AvgIpc) is 3.17. The second-order valence-electron chi connectivity index (χ2n) is 14.8. The molecule has 1 fully saturated rings. The lowest BCUT2D eigenvalue weighted by molar-refractivity contribution is -0.294. The molecule has 0 aromatic heterocycles. The predicted octanol–water partition coefficient (Wildman–Crippen LogP) is 8.96. The normalized spacial score (nSPS) is 20.1. The first-order chi connectivity index (χ1) is 26.1. The topological polar surface area (TPSA) is 94.5 Å². The Labute approximate surface area is 319 Å². The van der Waals surface area contributed by atoms with Crippen LogP contribution >= 0.6 is 0 Å². The summed E-state index contributed by atoms with van der Waals surface area (Å²) >= 11 is 0. The SMILES string of the molecule is Cc1ccc([C@@H]2O[C@H](C(C)(C)O)[C@@H](OCc3ccccc3)[C@H](OCc3ccccc3)[C@@H]2OCc2ccccc2)cc1Cc1ccc(CCCC(=O)O)cc1. The number of carboxylic acid groups (broad SMARTS) is 1. The number of aliphatic hydroxyl groups is 1. The van der Waals surface area contributed by atoms with Crippen LogP contribution < -0.4 is 0 Å². The van der Waals surface area contributed by atoms with Crippen LogP contribution in [0.4, 0.5) is 0 Å². The van der Waals surface area contributed by atoms with Gasteiger partial charge in [0.25, 0.3) is 0 Å². The van der Waals surface area contributed by atoms with Gasteiger partial charge in [0.15, 0.2) is 0 Å². The summed E-state index contributed by atoms with van der Waals surface area (Å²) in [5.41, 5.74) is 7.31. The second-order valence-corrected chi connectivity index (χ2v) is 14.8. The molecule has 0 unspecified atom stereocenters. The lowest BCUT2D eigenvalue weighted by atomic mass is 9.83. The van der Waals surface area contributed by atoms with E-state index in [9.17, 15) is 9.90 Å². The smallest absolute Gasteiger partial charge is 0.303 e. The summed E-state index contributed by atoms with van der Waals surface area (Å²) in [6.07, 6.45) is -0.964. The van der Waals surface area contributed by atoms with Gasteiger partial charge in [0, 0.05) is 6.42 Å². The molecular weight excluding hydrogens is 677 g/mol. The highest BCUT2D eigenvalue weighted by Crippen LogP contribution is 2.42. The van der Waals surface area contributed by atoms with Crippen molar-refractivity contribution >= 4 is 5.97 Å². The van der Waals surface area contributed by atoms with E-state index in [2.05, 4.69) is 49.4 Å². The first-order valence-electron chi connectivity index (χ1n) is 18.9. The predicted molar refractivity (Wildman–Crippen MR) is 210 cm³/mol. The minimum atomic E-state index is -1.28. The number of aliphatic carboxylic acids is 1. The molecule has 5 atom stereocenters. The van der Waals surface area contributed by atoms with Gasteiger partial charge >= 0.3 is 5.97 Å². The third-order valence-electron chi connectivity index (χ3n) is 10.1. The van der Waals surface area contributed by atoms with Crippen molar-refractivity contribution in [2.75, 3.05) is 0 Å². The van der Waals surface area contributed by atoms with Crippen LogP contribution in [-0.4, -0.2) is 46.2 Å². The molecule has 1 saturated heterocycles. The molecule has 6 rings (SSSR count). The van der Waals surface area contributed by atoms with Crippen molar-refractivity contribution in [1.29, 1.82) is 0 Å². The molecule has 2 N–H and O–H groups in total. The van der Waals surface area contributed by atoms with Crippen LogP contribution in [0.5, 0.6) is 0 Å². The van der Waals surface area contributed by atoms with Gasteiger partial charge in [-0.05, 0) is 84.5 Å². The summed E-state index contributed by atoms with van der Waals surface area (Å²) in [5, 5.41) is 20.8. The highest BCUT2D eigenvalue weighted by Gasteiger charge is 2.53. The van der Waals surface area contributed by atoms with Crippen LogP contribution in [0.2, 0.25) is 0 Å². The summed E-state index contributed by atoms with van der Waals surface area (Å²) in [5.74, 6) is -0.769. The fourth-order valence-corrected chi connectivity index (χ4v) is 7.08. The maximum absolute atomic E-state index is 11.7. The lowest BCUT2D eigenvalue weighted by Crippen LogP contribution is -2.62. The Morgan fingerprint density at radius 2 is 1.15 bits per heavy atom. The largest absolute Gasteiger partial charge is 0.481 e. The van der Waals surface area contributed by atoms with E-state index in [-0.39, 0.29) is 6.42 Å². The van der Waals surface area contributed by atoms with Crippen LogP contribution in [0.15, 0.2) is 133 Å². The van der Waals surface area contributed by atoms with E-state index >= 15 is 0 Å². The minimum absolute atomic E-state index is 0.166. The van der Waals surface area contributed by atoms with E-state index in [4.69, 9.17) is 24.1 Å². The third-order valence-corrected chi connectivity index (χ3v) is 10.1. The van der Waals surface area contributed by atoms with Crippen molar-refractivity contribution in [2.24, 2.45) is 0 Å². The van der Waals surface area contributed by atoms with Crippen molar-refractivity contribution in [1.82, 2.24) is 0 Å². The molecule has 1 aliphatic rings. The quantitative estimate of drug-likeness (QED) is 0.0988. The zero-order valence-electron chi connectivity index (χ0n) is 31.5. The number of hydrogen-bond donors (Lipinski definition) is 2. The summed E-state index contributed by atoms with van der Waals surface area (Å²) in [6, 6.07) is 45.0. The molecule has 54 heavy (non-hydrogen) atoms. The van der Waals surface area contributed by atoms with Crippen molar-refractivity contribution in [3.05, 3.63) is 178 Å². The zero-order valence-corrected chi connectivity index (χ0v) is 31.5. The summed E-state index contributed by atoms with van der Waals surface area (Å²) in [6.45, 7) is 6.63. The number of carbonyl (C=O) groups is 1. The van der Waals surface area contributed by atoms with E-state index in [1.54, 1.807) is 13.8 Å². The molecule has 0 aliphatic carbocycles. The van der Waals surface area contributed by atoms with Crippen LogP contribution in [0, 0.1) is 6.92 Å². The molecule has 1 aliphatic heterocycles. The molecule has 1 heterocycles. The zero-order chi connectivity index (χ0) is 37.9. The number of hydrogen-bond acceptors (Lipinski definition) is 6. The first-order valence-corrected chi connectivity index (χ1v) is 18.9. The van der Waals surface area contributed by atoms with Gasteiger partial charge in [-0.2, -0.15) is 0 Å². The van der Waals surface area contributed by atoms with Gasteiger partial charge < -0.3 is 29.2 Å². The fraction of sp³-hybridized carbons (Fsp3) is 0.340. The van der Waals surface area contributed by atoms with Gasteiger partial charge in [-0.25, -0.2) is 0 Å². The van der Waals surface area contributed by atoms with Gasteiger partial charge in [0.2, 0.25) is 0 Å². The number of ether oxygens (including phenoxy) is 4. The highest BCUT2D eigenvalue weighted by atomic mass is 16.6. The standard InChI is InChI=1S/C47H52O7/c1-33-22-27-39(29-40(33)28-35-25-23-34(24-26-35)20-13-21-41(48)49)42-43(51-30-36-14-7-4-8-15-36)44(52-31-37-16-9-5-10-17-37)45(46(54-42)47(2,3)50)53-32-38-18-11-6-12-19-38/h4-12,14-19,22-27,29,42-46,50H,13,20-21,28,30-32H2,1-3H3,(H,48,49)/t42-,43+,44+,45-,46-/m0/s1. The number of carboxylic acids is 1. The summed E-state index contributed by atoms with van der Waals surface area (Å²) < 4.78 is 27.5. The number of benzene rings is 5. The Hall–Kier alpha value is -4.63. The van der Waals surface area contributed by atoms with Crippen LogP contribution in [-0.2, 0) is 56.4 Å². The second kappa shape index (κ2) is 18.6. The Bertz CT molecular complexity index is 1890.